The molecule has 0 aromatic heterocycles. The summed E-state index contributed by atoms with van der Waals surface area (Å²) in [5.41, 5.74) is 6.46. The number of rotatable bonds is 9. The van der Waals surface area contributed by atoms with E-state index in [9.17, 15) is 29.7 Å². The summed E-state index contributed by atoms with van der Waals surface area (Å²) in [6.07, 6.45) is -6.31. The van der Waals surface area contributed by atoms with Crippen molar-refractivity contribution in [3.05, 3.63) is 29.8 Å². The molecule has 1 aliphatic heterocycles. The van der Waals surface area contributed by atoms with Crippen molar-refractivity contribution in [2.24, 2.45) is 5.73 Å². The van der Waals surface area contributed by atoms with Gasteiger partial charge in [-0.2, -0.15) is 0 Å². The summed E-state index contributed by atoms with van der Waals surface area (Å²) >= 11 is 0.970. The van der Waals surface area contributed by atoms with E-state index in [1.165, 1.54) is 0 Å². The van der Waals surface area contributed by atoms with Crippen LogP contribution in [0, 0.1) is 6.92 Å². The quantitative estimate of drug-likeness (QED) is 0.266. The molecule has 0 bridgehead atoms. The largest absolute Gasteiger partial charge is 0.466 e. The molecule has 0 unspecified atom stereocenters. The highest BCUT2D eigenvalue weighted by atomic mass is 32.2. The van der Waals surface area contributed by atoms with E-state index in [-0.39, 0.29) is 13.0 Å². The molecular formula is C21H30N2O9S. The van der Waals surface area contributed by atoms with Crippen molar-refractivity contribution >= 4 is 29.6 Å². The third kappa shape index (κ3) is 6.88. The van der Waals surface area contributed by atoms with Crippen molar-refractivity contribution in [1.82, 2.24) is 5.32 Å². The second-order valence-corrected chi connectivity index (χ2v) is 9.02. The van der Waals surface area contributed by atoms with Gasteiger partial charge in [-0.05, 0) is 19.1 Å². The van der Waals surface area contributed by atoms with Crippen molar-refractivity contribution in [3.8, 4) is 0 Å². The van der Waals surface area contributed by atoms with Crippen LogP contribution in [0.25, 0.3) is 0 Å². The van der Waals surface area contributed by atoms with Crippen LogP contribution in [0.5, 0.6) is 0 Å². The van der Waals surface area contributed by atoms with Gasteiger partial charge in [0.1, 0.15) is 12.2 Å². The van der Waals surface area contributed by atoms with E-state index in [4.69, 9.17) is 15.2 Å². The Hall–Kier alpha value is -2.22. The minimum atomic E-state index is -1.79. The molecule has 0 radical (unpaired) electrons. The molecule has 0 saturated carbocycles. The zero-order valence-electron chi connectivity index (χ0n) is 18.6. The molecule has 1 aromatic carbocycles. The molecule has 33 heavy (non-hydrogen) atoms. The number of esters is 2. The number of ether oxygens (including phenoxy) is 3. The number of carbonyl (C=O) groups is 3. The number of nitrogens with one attached hydrogen (secondary N) is 1. The highest BCUT2D eigenvalue weighted by Crippen LogP contribution is 2.44. The SMILES string of the molecule is COC(=O)[C@]1(Sc2ccc(C)cc2)C[C@H](O)[C@@H](NC(=O)COC(C)=O)[C@H]([C@H](O)[C@H](O)CN)O1. The number of aliphatic hydroxyl groups is 3. The van der Waals surface area contributed by atoms with Crippen molar-refractivity contribution in [2.45, 2.75) is 60.6 Å². The highest BCUT2D eigenvalue weighted by molar-refractivity contribution is 8.01. The smallest absolute Gasteiger partial charge is 0.349 e. The third-order valence-corrected chi connectivity index (χ3v) is 6.35. The van der Waals surface area contributed by atoms with Gasteiger partial charge in [0.25, 0.3) is 5.91 Å². The van der Waals surface area contributed by atoms with Gasteiger partial charge >= 0.3 is 11.9 Å². The van der Waals surface area contributed by atoms with Gasteiger partial charge in [-0.25, -0.2) is 4.79 Å². The lowest BCUT2D eigenvalue weighted by Gasteiger charge is -2.47. The summed E-state index contributed by atoms with van der Waals surface area (Å²) < 4.78 is 15.6. The van der Waals surface area contributed by atoms with Crippen LogP contribution in [-0.2, 0) is 28.6 Å². The Balaban J connectivity index is 2.39. The van der Waals surface area contributed by atoms with Crippen molar-refractivity contribution < 1.29 is 43.9 Å². The van der Waals surface area contributed by atoms with Crippen molar-refractivity contribution in [1.29, 1.82) is 0 Å². The van der Waals surface area contributed by atoms with Gasteiger partial charge in [-0.1, -0.05) is 29.5 Å². The number of aliphatic hydroxyl groups excluding tert-OH is 3. The summed E-state index contributed by atoms with van der Waals surface area (Å²) in [5.74, 6) is -2.27. The summed E-state index contributed by atoms with van der Waals surface area (Å²) in [7, 11) is 1.16. The number of nitrogens with two attached hydrogens (primary N) is 1. The number of carbonyl (C=O) groups excluding carboxylic acids is 3. The Kier molecular flexibility index (Phi) is 9.64. The number of methoxy groups -OCH3 is 1. The van der Waals surface area contributed by atoms with E-state index < -0.39 is 59.8 Å². The molecule has 184 valence electrons. The number of hydrogen-bond acceptors (Lipinski definition) is 11. The average molecular weight is 487 g/mol. The minimum absolute atomic E-state index is 0.307. The first kappa shape index (κ1) is 27.0. The lowest BCUT2D eigenvalue weighted by molar-refractivity contribution is -0.204. The maximum Gasteiger partial charge on any atom is 0.349 e. The van der Waals surface area contributed by atoms with E-state index in [0.29, 0.717) is 4.90 Å². The Morgan fingerprint density at radius 3 is 2.48 bits per heavy atom. The zero-order valence-corrected chi connectivity index (χ0v) is 19.4. The molecule has 6 atom stereocenters. The zero-order chi connectivity index (χ0) is 24.8. The second-order valence-electron chi connectivity index (χ2n) is 7.68. The van der Waals surface area contributed by atoms with Crippen molar-refractivity contribution in [3.63, 3.8) is 0 Å². The first-order valence-corrected chi connectivity index (χ1v) is 11.0. The van der Waals surface area contributed by atoms with Gasteiger partial charge in [-0.3, -0.25) is 9.59 Å². The molecule has 6 N–H and O–H groups in total. The molecule has 11 nitrogen and oxygen atoms in total. The van der Waals surface area contributed by atoms with Gasteiger partial charge in [0, 0.05) is 24.8 Å². The topological polar surface area (TPSA) is 178 Å². The van der Waals surface area contributed by atoms with E-state index in [0.717, 1.165) is 31.4 Å². The number of aryl methyl sites for hydroxylation is 1. The Morgan fingerprint density at radius 1 is 1.30 bits per heavy atom. The third-order valence-electron chi connectivity index (χ3n) is 5.08. The Bertz CT molecular complexity index is 838. The minimum Gasteiger partial charge on any atom is -0.466 e. The van der Waals surface area contributed by atoms with Gasteiger partial charge in [0.2, 0.25) is 4.93 Å². The maximum atomic E-state index is 12.8. The van der Waals surface area contributed by atoms with Gasteiger partial charge in [-0.15, -0.1) is 0 Å². The number of amides is 1. The van der Waals surface area contributed by atoms with Crippen LogP contribution >= 0.6 is 11.8 Å². The second kappa shape index (κ2) is 11.8. The molecule has 1 aliphatic rings. The van der Waals surface area contributed by atoms with Crippen LogP contribution in [0.15, 0.2) is 29.2 Å². The molecule has 1 saturated heterocycles. The molecule has 1 fully saturated rings. The van der Waals surface area contributed by atoms with Gasteiger partial charge < -0.3 is 40.6 Å². The fraction of sp³-hybridized carbons (Fsp3) is 0.571. The molecule has 2 rings (SSSR count). The highest BCUT2D eigenvalue weighted by Gasteiger charge is 2.55. The van der Waals surface area contributed by atoms with E-state index in [2.05, 4.69) is 10.1 Å². The monoisotopic (exact) mass is 486 g/mol. The lowest BCUT2D eigenvalue weighted by atomic mass is 9.89. The van der Waals surface area contributed by atoms with Crippen LogP contribution in [0.1, 0.15) is 18.9 Å². The van der Waals surface area contributed by atoms with Crippen molar-refractivity contribution in [2.75, 3.05) is 20.3 Å². The molecular weight excluding hydrogens is 456 g/mol. The fourth-order valence-electron chi connectivity index (χ4n) is 3.37. The average Bonchev–Trinajstić information content (AvgIpc) is 2.79. The predicted octanol–water partition coefficient (Wildman–Crippen LogP) is -1.17. The van der Waals surface area contributed by atoms with Crippen LogP contribution in [0.3, 0.4) is 0 Å². The maximum absolute atomic E-state index is 12.8. The fourth-order valence-corrected chi connectivity index (χ4v) is 4.60. The Labute approximate surface area is 195 Å². The van der Waals surface area contributed by atoms with Gasteiger partial charge in [0.15, 0.2) is 6.61 Å². The molecule has 1 aromatic rings. The van der Waals surface area contributed by atoms with Crippen LogP contribution < -0.4 is 11.1 Å². The van der Waals surface area contributed by atoms with Gasteiger partial charge in [0.05, 0.1) is 25.4 Å². The van der Waals surface area contributed by atoms with Crippen LogP contribution in [0.4, 0.5) is 0 Å². The Morgan fingerprint density at radius 2 is 1.94 bits per heavy atom. The first-order chi connectivity index (χ1) is 15.5. The number of hydrogen-bond donors (Lipinski definition) is 5. The summed E-state index contributed by atoms with van der Waals surface area (Å²) in [5, 5.41) is 34.2. The first-order valence-electron chi connectivity index (χ1n) is 10.2. The summed E-state index contributed by atoms with van der Waals surface area (Å²) in [4.78, 5) is 34.9. The van der Waals surface area contributed by atoms with E-state index in [1.54, 1.807) is 12.1 Å². The molecule has 12 heteroatoms. The molecule has 1 heterocycles. The normalized spacial score (nSPS) is 26.7. The molecule has 1 amide bonds. The molecule has 0 aliphatic carbocycles. The summed E-state index contributed by atoms with van der Waals surface area (Å²) in [6, 6.07) is 5.92. The number of benzene rings is 1. The lowest BCUT2D eigenvalue weighted by Crippen LogP contribution is -2.67. The van der Waals surface area contributed by atoms with Crippen LogP contribution in [0.2, 0.25) is 0 Å². The van der Waals surface area contributed by atoms with E-state index >= 15 is 0 Å². The predicted molar refractivity (Wildman–Crippen MR) is 117 cm³/mol. The number of thioether (sulfide) groups is 1. The van der Waals surface area contributed by atoms with E-state index in [1.807, 2.05) is 19.1 Å². The summed E-state index contributed by atoms with van der Waals surface area (Å²) in [6.45, 7) is 2.06. The molecule has 0 spiro atoms. The van der Waals surface area contributed by atoms with Crippen LogP contribution in [-0.4, -0.2) is 88.8 Å². The standard InChI is InChI=1S/C21H30N2O9S/c1-11-4-6-13(7-5-11)33-21(20(29)30-3)8-14(25)17(23-16(27)10-31-12(2)24)19(32-21)18(28)15(26)9-22/h4-7,14-15,17-19,25-26,28H,8-10,22H2,1-3H3,(H,23,27)/t14-,15+,17+,18+,19+,21+/m0/s1.